The van der Waals surface area contributed by atoms with E-state index in [-0.39, 0.29) is 19.8 Å². The first kappa shape index (κ1) is 26.5. The van der Waals surface area contributed by atoms with Crippen LogP contribution in [0, 0.1) is 0 Å². The fraction of sp³-hybridized carbons (Fsp3) is 0.267. The molecule has 0 aliphatic rings. The molecule has 3 aromatic carbocycles. The molecule has 0 aromatic heterocycles. The summed E-state index contributed by atoms with van der Waals surface area (Å²) < 4.78 is 18.3. The van der Waals surface area contributed by atoms with Gasteiger partial charge in [-0.25, -0.2) is 0 Å². The van der Waals surface area contributed by atoms with Crippen molar-refractivity contribution in [2.75, 3.05) is 6.61 Å². The molecular weight excluding hydrogens is 440 g/mol. The van der Waals surface area contributed by atoms with Crippen LogP contribution in [0.2, 0.25) is 0 Å². The maximum atomic E-state index is 11.0. The lowest BCUT2D eigenvalue weighted by Crippen LogP contribution is -2.47. The first-order valence-electron chi connectivity index (χ1n) is 11.7. The third kappa shape index (κ3) is 8.58. The van der Waals surface area contributed by atoms with Crippen molar-refractivity contribution >= 4 is 0 Å². The molecule has 35 heavy (non-hydrogen) atoms. The Balaban J connectivity index is 1.77. The van der Waals surface area contributed by atoms with Crippen LogP contribution in [0.5, 0.6) is 0 Å². The largest absolute Gasteiger partial charge is 0.387 e. The minimum Gasteiger partial charge on any atom is -0.387 e. The Hall–Kier alpha value is -3.06. The molecule has 0 unspecified atom stereocenters. The smallest absolute Gasteiger partial charge is 0.117 e. The van der Waals surface area contributed by atoms with Gasteiger partial charge in [0, 0.05) is 0 Å². The topological polar surface area (TPSA) is 68.2 Å². The summed E-state index contributed by atoms with van der Waals surface area (Å²) in [6, 6.07) is 29.2. The fourth-order valence-electron chi connectivity index (χ4n) is 3.63. The normalized spacial score (nSPS) is 14.6. The van der Waals surface area contributed by atoms with Gasteiger partial charge >= 0.3 is 0 Å². The van der Waals surface area contributed by atoms with E-state index >= 15 is 0 Å². The number of hydrogen-bond donors (Lipinski definition) is 2. The predicted octanol–water partition coefficient (Wildman–Crippen LogP) is 4.84. The summed E-state index contributed by atoms with van der Waals surface area (Å²) in [6.07, 6.45) is -2.83. The number of ether oxygens (including phenoxy) is 3. The van der Waals surface area contributed by atoms with Crippen LogP contribution < -0.4 is 0 Å². The molecule has 184 valence electrons. The van der Waals surface area contributed by atoms with Crippen molar-refractivity contribution in [2.24, 2.45) is 0 Å². The number of aliphatic hydroxyl groups excluding tert-OH is 2. The quantitative estimate of drug-likeness (QED) is 0.309. The first-order valence-corrected chi connectivity index (χ1v) is 11.7. The van der Waals surface area contributed by atoms with Crippen molar-refractivity contribution in [3.63, 3.8) is 0 Å². The Morgan fingerprint density at radius 2 is 1.17 bits per heavy atom. The van der Waals surface area contributed by atoms with E-state index in [0.717, 1.165) is 16.7 Å². The van der Waals surface area contributed by atoms with Crippen molar-refractivity contribution in [2.45, 2.75) is 44.2 Å². The lowest BCUT2D eigenvalue weighted by atomic mass is 9.97. The van der Waals surface area contributed by atoms with Crippen LogP contribution in [-0.4, -0.2) is 41.2 Å². The van der Waals surface area contributed by atoms with Gasteiger partial charge < -0.3 is 24.4 Å². The van der Waals surface area contributed by atoms with Crippen LogP contribution in [-0.2, 0) is 34.0 Å². The molecule has 5 heteroatoms. The minimum atomic E-state index is -1.28. The van der Waals surface area contributed by atoms with Gasteiger partial charge in [0.15, 0.2) is 0 Å². The molecule has 2 N–H and O–H groups in total. The summed E-state index contributed by atoms with van der Waals surface area (Å²) in [4.78, 5) is 0. The monoisotopic (exact) mass is 474 g/mol. The SMILES string of the molecule is C=C[C@H](O)[C@@H](O)[C@@H](OCc1ccccc1)[C@H](OCc1ccccc1)C(=C)COCc1ccccc1. The Kier molecular flexibility index (Phi) is 10.9. The van der Waals surface area contributed by atoms with Gasteiger partial charge in [-0.05, 0) is 22.3 Å². The highest BCUT2D eigenvalue weighted by atomic mass is 16.6. The zero-order chi connectivity index (χ0) is 24.9. The first-order chi connectivity index (χ1) is 17.1. The van der Waals surface area contributed by atoms with Gasteiger partial charge in [-0.2, -0.15) is 0 Å². The van der Waals surface area contributed by atoms with Crippen molar-refractivity contribution in [3.8, 4) is 0 Å². The zero-order valence-corrected chi connectivity index (χ0v) is 19.9. The molecule has 0 radical (unpaired) electrons. The maximum absolute atomic E-state index is 11.0. The summed E-state index contributed by atoms with van der Waals surface area (Å²) in [5.74, 6) is 0. The van der Waals surface area contributed by atoms with E-state index in [1.165, 1.54) is 6.08 Å². The molecule has 0 fully saturated rings. The zero-order valence-electron chi connectivity index (χ0n) is 19.9. The summed E-state index contributed by atoms with van der Waals surface area (Å²) in [5.41, 5.74) is 3.55. The summed E-state index contributed by atoms with van der Waals surface area (Å²) in [6.45, 7) is 8.94. The molecule has 0 saturated heterocycles. The second-order valence-corrected chi connectivity index (χ2v) is 8.33. The number of rotatable bonds is 15. The van der Waals surface area contributed by atoms with Gasteiger partial charge in [-0.3, -0.25) is 0 Å². The van der Waals surface area contributed by atoms with Gasteiger partial charge in [0.25, 0.3) is 0 Å². The lowest BCUT2D eigenvalue weighted by molar-refractivity contribution is -0.142. The molecule has 0 aliphatic heterocycles. The summed E-state index contributed by atoms with van der Waals surface area (Å²) >= 11 is 0. The van der Waals surface area contributed by atoms with Crippen molar-refractivity contribution < 1.29 is 24.4 Å². The molecule has 0 saturated carbocycles. The molecule has 5 nitrogen and oxygen atoms in total. The van der Waals surface area contributed by atoms with E-state index in [1.54, 1.807) is 0 Å². The van der Waals surface area contributed by atoms with E-state index in [9.17, 15) is 10.2 Å². The average Bonchev–Trinajstić information content (AvgIpc) is 2.91. The molecule has 0 spiro atoms. The maximum Gasteiger partial charge on any atom is 0.117 e. The van der Waals surface area contributed by atoms with E-state index in [0.29, 0.717) is 12.2 Å². The van der Waals surface area contributed by atoms with E-state index < -0.39 is 24.4 Å². The van der Waals surface area contributed by atoms with Crippen molar-refractivity contribution in [3.05, 3.63) is 132 Å². The van der Waals surface area contributed by atoms with Gasteiger partial charge in [-0.1, -0.05) is 104 Å². The highest BCUT2D eigenvalue weighted by Gasteiger charge is 2.35. The lowest BCUT2D eigenvalue weighted by Gasteiger charge is -2.33. The van der Waals surface area contributed by atoms with Crippen LogP contribution >= 0.6 is 0 Å². The van der Waals surface area contributed by atoms with Crippen LogP contribution in [0.4, 0.5) is 0 Å². The van der Waals surface area contributed by atoms with Gasteiger partial charge in [0.1, 0.15) is 24.4 Å². The third-order valence-corrected chi connectivity index (χ3v) is 5.59. The molecule has 3 rings (SSSR count). The van der Waals surface area contributed by atoms with Gasteiger partial charge in [0.2, 0.25) is 0 Å². The third-order valence-electron chi connectivity index (χ3n) is 5.59. The standard InChI is InChI=1S/C30H34O5/c1-3-27(31)28(32)30(35-22-26-17-11-6-12-18-26)29(34-21-25-15-9-5-10-16-25)23(2)19-33-20-24-13-7-4-8-14-24/h3-18,27-32H,1-2,19-22H2/t27-,28+,29+,30+/m0/s1. The number of aliphatic hydroxyl groups is 2. The van der Waals surface area contributed by atoms with Crippen LogP contribution in [0.25, 0.3) is 0 Å². The van der Waals surface area contributed by atoms with E-state index in [1.807, 2.05) is 91.0 Å². The fourth-order valence-corrected chi connectivity index (χ4v) is 3.63. The Labute approximate surface area is 207 Å². The van der Waals surface area contributed by atoms with Crippen LogP contribution in [0.15, 0.2) is 116 Å². The van der Waals surface area contributed by atoms with Crippen LogP contribution in [0.3, 0.4) is 0 Å². The van der Waals surface area contributed by atoms with Crippen molar-refractivity contribution in [1.29, 1.82) is 0 Å². The average molecular weight is 475 g/mol. The molecule has 4 atom stereocenters. The molecule has 0 bridgehead atoms. The minimum absolute atomic E-state index is 0.205. The van der Waals surface area contributed by atoms with E-state index in [2.05, 4.69) is 13.2 Å². The van der Waals surface area contributed by atoms with Gasteiger partial charge in [0.05, 0.1) is 26.4 Å². The highest BCUT2D eigenvalue weighted by molar-refractivity contribution is 5.17. The Bertz CT molecular complexity index is 1010. The second-order valence-electron chi connectivity index (χ2n) is 8.33. The predicted molar refractivity (Wildman–Crippen MR) is 137 cm³/mol. The highest BCUT2D eigenvalue weighted by Crippen LogP contribution is 2.22. The summed E-state index contributed by atoms with van der Waals surface area (Å²) in [7, 11) is 0. The molecule has 3 aromatic rings. The molecular formula is C30H34O5. The molecule has 0 heterocycles. The summed E-state index contributed by atoms with van der Waals surface area (Å²) in [5, 5.41) is 21.3. The molecule has 0 aliphatic carbocycles. The van der Waals surface area contributed by atoms with Crippen LogP contribution in [0.1, 0.15) is 16.7 Å². The Morgan fingerprint density at radius 3 is 1.66 bits per heavy atom. The van der Waals surface area contributed by atoms with Gasteiger partial charge in [-0.15, -0.1) is 6.58 Å². The van der Waals surface area contributed by atoms with Crippen molar-refractivity contribution in [1.82, 2.24) is 0 Å². The second kappa shape index (κ2) is 14.4. The number of hydrogen-bond acceptors (Lipinski definition) is 5. The van der Waals surface area contributed by atoms with E-state index in [4.69, 9.17) is 14.2 Å². The Morgan fingerprint density at radius 1 is 0.714 bits per heavy atom. The molecule has 0 amide bonds. The number of benzene rings is 3.